The summed E-state index contributed by atoms with van der Waals surface area (Å²) < 4.78 is 4.81. The van der Waals surface area contributed by atoms with Crippen LogP contribution in [0.2, 0.25) is 0 Å². The summed E-state index contributed by atoms with van der Waals surface area (Å²) in [5.74, 6) is 0.342. The summed E-state index contributed by atoms with van der Waals surface area (Å²) in [5, 5.41) is 0. The third-order valence-electron chi connectivity index (χ3n) is 4.77. The second kappa shape index (κ2) is 2.47. The normalized spacial score (nSPS) is 51.7. The largest absolute Gasteiger partial charge is 0.393 e. The molecule has 1 heterocycles. The van der Waals surface area contributed by atoms with Crippen LogP contribution in [0.5, 0.6) is 0 Å². The van der Waals surface area contributed by atoms with Gasteiger partial charge in [-0.25, -0.2) is 0 Å². The summed E-state index contributed by atoms with van der Waals surface area (Å²) in [6.45, 7) is 2.12. The second-order valence-electron chi connectivity index (χ2n) is 5.35. The first-order valence-corrected chi connectivity index (χ1v) is 5.80. The van der Waals surface area contributed by atoms with Gasteiger partial charge in [0.25, 0.3) is 0 Å². The minimum Gasteiger partial charge on any atom is -0.393 e. The maximum Gasteiger partial charge on any atom is 0.318 e. The van der Waals surface area contributed by atoms with Gasteiger partial charge in [0.1, 0.15) is 0 Å². The highest BCUT2D eigenvalue weighted by molar-refractivity contribution is 5.97. The van der Waals surface area contributed by atoms with E-state index in [1.165, 1.54) is 5.57 Å². The smallest absolute Gasteiger partial charge is 0.318 e. The van der Waals surface area contributed by atoms with Crippen molar-refractivity contribution in [2.75, 3.05) is 0 Å². The van der Waals surface area contributed by atoms with E-state index in [2.05, 4.69) is 25.2 Å². The van der Waals surface area contributed by atoms with Gasteiger partial charge in [0, 0.05) is 0 Å². The Morgan fingerprint density at radius 2 is 1.56 bits per heavy atom. The lowest BCUT2D eigenvalue weighted by molar-refractivity contribution is -0.154. The van der Waals surface area contributed by atoms with Crippen LogP contribution in [-0.2, 0) is 14.3 Å². The number of hydrogen-bond acceptors (Lipinski definition) is 3. The molecule has 0 aromatic rings. The van der Waals surface area contributed by atoms with Crippen LogP contribution in [0.1, 0.15) is 6.92 Å². The fraction of sp³-hybridized carbons (Fsp3) is 0.538. The molecular formula is C13H12O3. The average Bonchev–Trinajstić information content (AvgIpc) is 2.54. The van der Waals surface area contributed by atoms with Crippen molar-refractivity contribution in [3.05, 3.63) is 23.8 Å². The van der Waals surface area contributed by atoms with Crippen LogP contribution in [0.3, 0.4) is 0 Å². The molecule has 3 heteroatoms. The predicted octanol–water partition coefficient (Wildman–Crippen LogP) is 1.31. The molecule has 0 aromatic carbocycles. The third kappa shape index (κ3) is 0.751. The minimum atomic E-state index is -0.300. The molecule has 3 nitrogen and oxygen atoms in total. The van der Waals surface area contributed by atoms with Gasteiger partial charge in [-0.3, -0.25) is 9.59 Å². The summed E-state index contributed by atoms with van der Waals surface area (Å²) in [5.41, 5.74) is 1.37. The molecule has 5 rings (SSSR count). The summed E-state index contributed by atoms with van der Waals surface area (Å²) in [6.07, 6.45) is 6.50. The summed E-state index contributed by atoms with van der Waals surface area (Å²) in [7, 11) is 0. The van der Waals surface area contributed by atoms with Crippen molar-refractivity contribution >= 4 is 11.9 Å². The zero-order valence-corrected chi connectivity index (χ0v) is 8.92. The molecule has 0 amide bonds. The Labute approximate surface area is 93.2 Å². The number of carbonyl (C=O) groups is 2. The van der Waals surface area contributed by atoms with E-state index in [0.29, 0.717) is 11.8 Å². The molecule has 0 unspecified atom stereocenters. The Kier molecular flexibility index (Phi) is 1.35. The van der Waals surface area contributed by atoms with Gasteiger partial charge in [0.05, 0.1) is 11.8 Å². The van der Waals surface area contributed by atoms with Gasteiger partial charge in [0.15, 0.2) is 0 Å². The monoisotopic (exact) mass is 216 g/mol. The number of hydrogen-bond donors (Lipinski definition) is 0. The van der Waals surface area contributed by atoms with E-state index < -0.39 is 0 Å². The Bertz CT molecular complexity index is 474. The van der Waals surface area contributed by atoms with Crippen LogP contribution in [0.15, 0.2) is 23.8 Å². The Morgan fingerprint density at radius 3 is 2.25 bits per heavy atom. The Balaban J connectivity index is 1.86. The van der Waals surface area contributed by atoms with E-state index in [-0.39, 0.29) is 35.6 Å². The van der Waals surface area contributed by atoms with Gasteiger partial charge in [0.2, 0.25) is 0 Å². The first-order valence-electron chi connectivity index (χ1n) is 5.80. The van der Waals surface area contributed by atoms with E-state index in [9.17, 15) is 9.59 Å². The van der Waals surface area contributed by atoms with E-state index in [4.69, 9.17) is 4.74 Å². The van der Waals surface area contributed by atoms with Gasteiger partial charge in [-0.2, -0.15) is 0 Å². The molecule has 6 atom stereocenters. The molecule has 82 valence electrons. The zero-order valence-electron chi connectivity index (χ0n) is 8.92. The molecule has 1 saturated heterocycles. The number of rotatable bonds is 0. The van der Waals surface area contributed by atoms with Crippen molar-refractivity contribution in [2.24, 2.45) is 35.5 Å². The predicted molar refractivity (Wildman–Crippen MR) is 54.9 cm³/mol. The summed E-state index contributed by atoms with van der Waals surface area (Å²) in [6, 6.07) is 0. The molecule has 4 aliphatic carbocycles. The second-order valence-corrected chi connectivity index (χ2v) is 5.35. The van der Waals surface area contributed by atoms with Crippen LogP contribution >= 0.6 is 0 Å². The van der Waals surface area contributed by atoms with Crippen molar-refractivity contribution in [1.82, 2.24) is 0 Å². The number of ether oxygens (including phenoxy) is 1. The van der Waals surface area contributed by atoms with Crippen LogP contribution in [0.4, 0.5) is 0 Å². The first kappa shape index (κ1) is 8.74. The Morgan fingerprint density at radius 1 is 0.938 bits per heavy atom. The van der Waals surface area contributed by atoms with Crippen molar-refractivity contribution in [1.29, 1.82) is 0 Å². The molecule has 1 aliphatic heterocycles. The number of carbonyl (C=O) groups excluding carboxylic acids is 2. The SMILES string of the molecule is CC1=C[C@@H]2[C@H]3C=C[C@@H]([C@H]12)[C@@H]1C(=O)OC(=O)[C@@H]31. The van der Waals surface area contributed by atoms with Crippen LogP contribution in [0, 0.1) is 35.5 Å². The lowest BCUT2D eigenvalue weighted by atomic mass is 9.48. The van der Waals surface area contributed by atoms with Crippen molar-refractivity contribution in [3.63, 3.8) is 0 Å². The molecule has 0 N–H and O–H groups in total. The van der Waals surface area contributed by atoms with Crippen molar-refractivity contribution in [3.8, 4) is 0 Å². The average molecular weight is 216 g/mol. The van der Waals surface area contributed by atoms with E-state index in [1.807, 2.05) is 0 Å². The van der Waals surface area contributed by atoms with Gasteiger partial charge >= 0.3 is 11.9 Å². The van der Waals surface area contributed by atoms with Crippen LogP contribution < -0.4 is 0 Å². The summed E-state index contributed by atoms with van der Waals surface area (Å²) >= 11 is 0. The molecule has 16 heavy (non-hydrogen) atoms. The minimum absolute atomic E-state index is 0.197. The van der Waals surface area contributed by atoms with Crippen molar-refractivity contribution < 1.29 is 14.3 Å². The third-order valence-corrected chi connectivity index (χ3v) is 4.77. The molecule has 2 fully saturated rings. The topological polar surface area (TPSA) is 43.4 Å². The molecule has 0 aromatic heterocycles. The van der Waals surface area contributed by atoms with E-state index in [1.54, 1.807) is 0 Å². The van der Waals surface area contributed by atoms with Gasteiger partial charge in [-0.05, 0) is 30.6 Å². The van der Waals surface area contributed by atoms with Gasteiger partial charge < -0.3 is 4.74 Å². The highest BCUT2D eigenvalue weighted by Crippen LogP contribution is 2.60. The van der Waals surface area contributed by atoms with E-state index in [0.717, 1.165) is 0 Å². The molecule has 1 saturated carbocycles. The quantitative estimate of drug-likeness (QED) is 0.348. The maximum absolute atomic E-state index is 11.7. The highest BCUT2D eigenvalue weighted by Gasteiger charge is 2.62. The standard InChI is InChI=1S/C13H12O3/c1-5-4-8-6-2-3-7(9(5)8)11-10(6)12(14)16-13(11)15/h2-4,6-11H,1H3/t6-,7+,8-,9+,10+,11+/m1/s1. The first-order chi connectivity index (χ1) is 7.68. The zero-order chi connectivity index (χ0) is 11.0. The lowest BCUT2D eigenvalue weighted by Crippen LogP contribution is -2.52. The molecule has 0 radical (unpaired) electrons. The molecular weight excluding hydrogens is 204 g/mol. The number of esters is 2. The fourth-order valence-corrected chi connectivity index (χ4v) is 4.14. The Hall–Kier alpha value is -1.38. The maximum atomic E-state index is 11.7. The van der Waals surface area contributed by atoms with E-state index >= 15 is 0 Å². The molecule has 2 bridgehead atoms. The fourth-order valence-electron chi connectivity index (χ4n) is 4.14. The molecule has 5 aliphatic rings. The van der Waals surface area contributed by atoms with Crippen LogP contribution in [-0.4, -0.2) is 11.9 Å². The van der Waals surface area contributed by atoms with Crippen molar-refractivity contribution in [2.45, 2.75) is 6.92 Å². The number of cyclic esters (lactones) is 2. The van der Waals surface area contributed by atoms with Gasteiger partial charge in [-0.1, -0.05) is 23.8 Å². The van der Waals surface area contributed by atoms with Gasteiger partial charge in [-0.15, -0.1) is 0 Å². The highest BCUT2D eigenvalue weighted by atomic mass is 16.6. The molecule has 0 spiro atoms. The van der Waals surface area contributed by atoms with Crippen LogP contribution in [0.25, 0.3) is 0 Å². The number of allylic oxidation sites excluding steroid dienone is 4. The summed E-state index contributed by atoms with van der Waals surface area (Å²) in [4.78, 5) is 23.4. The lowest BCUT2D eigenvalue weighted by Gasteiger charge is -2.53.